The molecule has 2 aromatic carbocycles. The average molecular weight is 368 g/mol. The van der Waals surface area contributed by atoms with E-state index in [1.165, 1.54) is 0 Å². The van der Waals surface area contributed by atoms with Crippen LogP contribution >= 0.6 is 0 Å². The molecule has 0 radical (unpaired) electrons. The summed E-state index contributed by atoms with van der Waals surface area (Å²) in [7, 11) is 1.60. The number of benzene rings is 2. The standard InChI is InChI=1S/C21H24N2O4/c1-14(2)27-19-8-4-16(5-9-19)22-21(25)15-12-20(24)23(13-15)17-6-10-18(26-3)11-7-17/h4-11,14-15H,12-13H2,1-3H3,(H,22,25)/t15-/m0/s1. The first kappa shape index (κ1) is 18.8. The topological polar surface area (TPSA) is 67.9 Å². The summed E-state index contributed by atoms with van der Waals surface area (Å²) in [5.74, 6) is 0.887. The number of rotatable bonds is 6. The fourth-order valence-electron chi connectivity index (χ4n) is 3.03. The molecule has 0 spiro atoms. The third-order valence-corrected chi connectivity index (χ3v) is 4.37. The molecular weight excluding hydrogens is 344 g/mol. The Morgan fingerprint density at radius 3 is 2.30 bits per heavy atom. The lowest BCUT2D eigenvalue weighted by atomic mass is 10.1. The van der Waals surface area contributed by atoms with Crippen molar-refractivity contribution < 1.29 is 19.1 Å². The Hall–Kier alpha value is -3.02. The molecule has 1 heterocycles. The lowest BCUT2D eigenvalue weighted by Crippen LogP contribution is -2.28. The maximum atomic E-state index is 12.6. The Morgan fingerprint density at radius 1 is 1.07 bits per heavy atom. The summed E-state index contributed by atoms with van der Waals surface area (Å²) in [6.07, 6.45) is 0.297. The third kappa shape index (κ3) is 4.58. The van der Waals surface area contributed by atoms with Crippen molar-refractivity contribution in [2.24, 2.45) is 5.92 Å². The van der Waals surface area contributed by atoms with Crippen molar-refractivity contribution in [1.29, 1.82) is 0 Å². The zero-order chi connectivity index (χ0) is 19.4. The zero-order valence-corrected chi connectivity index (χ0v) is 15.8. The van der Waals surface area contributed by atoms with Crippen LogP contribution in [0.3, 0.4) is 0 Å². The van der Waals surface area contributed by atoms with E-state index in [0.717, 1.165) is 17.2 Å². The van der Waals surface area contributed by atoms with E-state index in [1.807, 2.05) is 38.1 Å². The van der Waals surface area contributed by atoms with Crippen LogP contribution in [-0.2, 0) is 9.59 Å². The number of carbonyl (C=O) groups excluding carboxylic acids is 2. The van der Waals surface area contributed by atoms with Gasteiger partial charge in [-0.1, -0.05) is 0 Å². The minimum absolute atomic E-state index is 0.0546. The van der Waals surface area contributed by atoms with Crippen molar-refractivity contribution in [2.45, 2.75) is 26.4 Å². The number of amides is 2. The highest BCUT2D eigenvalue weighted by molar-refractivity contribution is 6.03. The summed E-state index contributed by atoms with van der Waals surface area (Å²) in [6, 6.07) is 14.5. The molecule has 1 fully saturated rings. The van der Waals surface area contributed by atoms with Gasteiger partial charge in [0.15, 0.2) is 0 Å². The number of nitrogens with one attached hydrogen (secondary N) is 1. The monoisotopic (exact) mass is 368 g/mol. The summed E-state index contributed by atoms with van der Waals surface area (Å²) < 4.78 is 10.7. The van der Waals surface area contributed by atoms with Crippen molar-refractivity contribution in [3.05, 3.63) is 48.5 Å². The quantitative estimate of drug-likeness (QED) is 0.848. The van der Waals surface area contributed by atoms with Crippen LogP contribution in [0.5, 0.6) is 11.5 Å². The summed E-state index contributed by atoms with van der Waals surface area (Å²) in [5, 5.41) is 2.88. The Labute approximate surface area is 159 Å². The fraction of sp³-hybridized carbons (Fsp3) is 0.333. The number of hydrogen-bond donors (Lipinski definition) is 1. The van der Waals surface area contributed by atoms with E-state index in [0.29, 0.717) is 12.2 Å². The van der Waals surface area contributed by atoms with E-state index in [4.69, 9.17) is 9.47 Å². The first-order valence-corrected chi connectivity index (χ1v) is 8.98. The normalized spacial score (nSPS) is 16.5. The van der Waals surface area contributed by atoms with Gasteiger partial charge in [-0.3, -0.25) is 9.59 Å². The maximum absolute atomic E-state index is 12.6. The Morgan fingerprint density at radius 2 is 1.70 bits per heavy atom. The van der Waals surface area contributed by atoms with Gasteiger partial charge in [-0.05, 0) is 62.4 Å². The van der Waals surface area contributed by atoms with Gasteiger partial charge in [0.2, 0.25) is 11.8 Å². The third-order valence-electron chi connectivity index (χ3n) is 4.37. The first-order valence-electron chi connectivity index (χ1n) is 8.98. The molecule has 2 amide bonds. The van der Waals surface area contributed by atoms with Gasteiger partial charge in [-0.15, -0.1) is 0 Å². The highest BCUT2D eigenvalue weighted by atomic mass is 16.5. The molecular formula is C21H24N2O4. The van der Waals surface area contributed by atoms with Crippen molar-refractivity contribution in [3.8, 4) is 11.5 Å². The van der Waals surface area contributed by atoms with Crippen molar-refractivity contribution in [1.82, 2.24) is 0 Å². The number of ether oxygens (including phenoxy) is 2. The Balaban J connectivity index is 1.61. The molecule has 1 atom stereocenters. The van der Waals surface area contributed by atoms with Gasteiger partial charge < -0.3 is 19.7 Å². The summed E-state index contributed by atoms with van der Waals surface area (Å²) >= 11 is 0. The molecule has 142 valence electrons. The van der Waals surface area contributed by atoms with Crippen LogP contribution < -0.4 is 19.7 Å². The van der Waals surface area contributed by atoms with E-state index >= 15 is 0 Å². The van der Waals surface area contributed by atoms with Crippen LogP contribution in [0.15, 0.2) is 48.5 Å². The SMILES string of the molecule is COc1ccc(N2C[C@@H](C(=O)Nc3ccc(OC(C)C)cc3)CC2=O)cc1. The molecule has 0 saturated carbocycles. The average Bonchev–Trinajstić information content (AvgIpc) is 3.05. The van der Waals surface area contributed by atoms with Gasteiger partial charge in [0, 0.05) is 24.3 Å². The number of methoxy groups -OCH3 is 1. The van der Waals surface area contributed by atoms with Crippen LogP contribution in [0.4, 0.5) is 11.4 Å². The maximum Gasteiger partial charge on any atom is 0.229 e. The molecule has 1 saturated heterocycles. The second kappa shape index (κ2) is 8.12. The van der Waals surface area contributed by atoms with E-state index in [2.05, 4.69) is 5.32 Å². The highest BCUT2D eigenvalue weighted by Crippen LogP contribution is 2.28. The van der Waals surface area contributed by atoms with Gasteiger partial charge in [-0.25, -0.2) is 0 Å². The summed E-state index contributed by atoms with van der Waals surface area (Å²) in [5.41, 5.74) is 1.46. The molecule has 2 aromatic rings. The summed E-state index contributed by atoms with van der Waals surface area (Å²) in [4.78, 5) is 26.5. The molecule has 0 unspecified atom stereocenters. The molecule has 6 nitrogen and oxygen atoms in total. The number of nitrogens with zero attached hydrogens (tertiary/aromatic N) is 1. The summed E-state index contributed by atoms with van der Waals surface area (Å²) in [6.45, 7) is 4.29. The van der Waals surface area contributed by atoms with Gasteiger partial charge in [-0.2, -0.15) is 0 Å². The second-order valence-electron chi connectivity index (χ2n) is 6.78. The minimum Gasteiger partial charge on any atom is -0.497 e. The van der Waals surface area contributed by atoms with Crippen molar-refractivity contribution in [2.75, 3.05) is 23.9 Å². The van der Waals surface area contributed by atoms with E-state index < -0.39 is 0 Å². The van der Waals surface area contributed by atoms with Crippen molar-refractivity contribution >= 4 is 23.2 Å². The molecule has 1 aliphatic rings. The number of anilines is 2. The molecule has 6 heteroatoms. The minimum atomic E-state index is -0.383. The van der Waals surface area contributed by atoms with E-state index in [9.17, 15) is 9.59 Å². The highest BCUT2D eigenvalue weighted by Gasteiger charge is 2.35. The molecule has 0 bridgehead atoms. The molecule has 0 aliphatic carbocycles. The predicted octanol–water partition coefficient (Wildman–Crippen LogP) is 3.47. The molecule has 0 aromatic heterocycles. The first-order chi connectivity index (χ1) is 13.0. The smallest absolute Gasteiger partial charge is 0.229 e. The van der Waals surface area contributed by atoms with Crippen LogP contribution in [-0.4, -0.2) is 31.6 Å². The Kier molecular flexibility index (Phi) is 5.64. The van der Waals surface area contributed by atoms with Gasteiger partial charge >= 0.3 is 0 Å². The van der Waals surface area contributed by atoms with Crippen LogP contribution in [0.1, 0.15) is 20.3 Å². The van der Waals surface area contributed by atoms with Gasteiger partial charge in [0.25, 0.3) is 0 Å². The number of hydrogen-bond acceptors (Lipinski definition) is 4. The number of carbonyl (C=O) groups is 2. The van der Waals surface area contributed by atoms with Crippen LogP contribution in [0, 0.1) is 5.92 Å². The predicted molar refractivity (Wildman–Crippen MR) is 104 cm³/mol. The molecule has 3 rings (SSSR count). The molecule has 1 N–H and O–H groups in total. The van der Waals surface area contributed by atoms with Gasteiger partial charge in [0.1, 0.15) is 11.5 Å². The van der Waals surface area contributed by atoms with Crippen LogP contribution in [0.2, 0.25) is 0 Å². The van der Waals surface area contributed by atoms with Crippen LogP contribution in [0.25, 0.3) is 0 Å². The Bertz CT molecular complexity index is 800. The van der Waals surface area contributed by atoms with Gasteiger partial charge in [0.05, 0.1) is 19.1 Å². The van der Waals surface area contributed by atoms with E-state index in [1.54, 1.807) is 36.3 Å². The lowest BCUT2D eigenvalue weighted by Gasteiger charge is -2.17. The fourth-order valence-corrected chi connectivity index (χ4v) is 3.03. The second-order valence-corrected chi connectivity index (χ2v) is 6.78. The zero-order valence-electron chi connectivity index (χ0n) is 15.8. The largest absolute Gasteiger partial charge is 0.497 e. The molecule has 27 heavy (non-hydrogen) atoms. The van der Waals surface area contributed by atoms with E-state index in [-0.39, 0.29) is 30.3 Å². The lowest BCUT2D eigenvalue weighted by molar-refractivity contribution is -0.122. The molecule has 1 aliphatic heterocycles. The van der Waals surface area contributed by atoms with Crippen molar-refractivity contribution in [3.63, 3.8) is 0 Å².